The van der Waals surface area contributed by atoms with Gasteiger partial charge in [0.2, 0.25) is 0 Å². The van der Waals surface area contributed by atoms with E-state index in [-0.39, 0.29) is 23.7 Å². The van der Waals surface area contributed by atoms with Crippen molar-refractivity contribution in [1.82, 2.24) is 4.90 Å². The third-order valence-corrected chi connectivity index (χ3v) is 6.84. The van der Waals surface area contributed by atoms with Gasteiger partial charge in [-0.05, 0) is 59.9 Å². The Morgan fingerprint density at radius 1 is 0.930 bits per heavy atom. The van der Waals surface area contributed by atoms with Crippen molar-refractivity contribution in [2.45, 2.75) is 57.4 Å². The fraction of sp³-hybridized carbons (Fsp3) is 0.481. The summed E-state index contributed by atoms with van der Waals surface area (Å²) in [6.45, 7) is 1.38. The third-order valence-electron chi connectivity index (χ3n) is 6.84. The van der Waals surface area contributed by atoms with Crippen LogP contribution in [0.25, 0.3) is 0 Å². The van der Waals surface area contributed by atoms with E-state index in [9.17, 15) is 49.1 Å². The van der Waals surface area contributed by atoms with E-state index in [1.165, 1.54) is 0 Å². The minimum atomic E-state index is -5.19. The molecule has 7 nitrogen and oxygen atoms in total. The number of methoxy groups -OCH3 is 1. The van der Waals surface area contributed by atoms with Crippen LogP contribution >= 0.6 is 0 Å². The summed E-state index contributed by atoms with van der Waals surface area (Å²) in [7, 11) is 0.886. The average molecular weight is 631 g/mol. The van der Waals surface area contributed by atoms with E-state index in [0.29, 0.717) is 24.3 Å². The van der Waals surface area contributed by atoms with Crippen molar-refractivity contribution < 1.29 is 63.7 Å². The van der Waals surface area contributed by atoms with Gasteiger partial charge < -0.3 is 14.6 Å². The highest BCUT2D eigenvalue weighted by Crippen LogP contribution is 2.46. The molecule has 2 aromatic rings. The average Bonchev–Trinajstić information content (AvgIpc) is 2.91. The number of hydrogen-bond donors (Lipinski definition) is 1. The Hall–Kier alpha value is -3.69. The second kappa shape index (κ2) is 12.5. The Balaban J connectivity index is 2.25. The van der Waals surface area contributed by atoms with E-state index >= 15 is 0 Å². The first kappa shape index (κ1) is 33.8. The summed E-state index contributed by atoms with van der Waals surface area (Å²) in [4.78, 5) is 27.8. The molecule has 0 bridgehead atoms. The van der Waals surface area contributed by atoms with Gasteiger partial charge in [-0.2, -0.15) is 39.5 Å². The molecule has 1 aliphatic heterocycles. The van der Waals surface area contributed by atoms with Gasteiger partial charge in [0.25, 0.3) is 0 Å². The molecule has 1 heterocycles. The zero-order chi connectivity index (χ0) is 32.5. The number of carbonyl (C=O) groups excluding carboxylic acids is 2. The van der Waals surface area contributed by atoms with Crippen LogP contribution in [-0.2, 0) is 34.5 Å². The summed E-state index contributed by atoms with van der Waals surface area (Å²) in [5, 5.41) is 9.07. The monoisotopic (exact) mass is 630 g/mol. The van der Waals surface area contributed by atoms with Gasteiger partial charge in [-0.1, -0.05) is 13.8 Å². The maximum Gasteiger partial charge on any atom is 0.416 e. The van der Waals surface area contributed by atoms with Gasteiger partial charge in [0.1, 0.15) is 6.61 Å². The van der Waals surface area contributed by atoms with Crippen LogP contribution < -0.4 is 4.90 Å². The first-order chi connectivity index (χ1) is 19.8. The Bertz CT molecular complexity index is 1290. The van der Waals surface area contributed by atoms with E-state index in [1.807, 2.05) is 0 Å². The Morgan fingerprint density at radius 2 is 1.49 bits per heavy atom. The summed E-state index contributed by atoms with van der Waals surface area (Å²) < 4.78 is 132. The Labute approximate surface area is 239 Å². The second-order valence-electron chi connectivity index (χ2n) is 10.1. The first-order valence-electron chi connectivity index (χ1n) is 12.7. The molecule has 1 N–H and O–H groups in total. The predicted octanol–water partition coefficient (Wildman–Crippen LogP) is 7.42. The zero-order valence-corrected chi connectivity index (χ0v) is 22.9. The van der Waals surface area contributed by atoms with Crippen LogP contribution in [0.15, 0.2) is 36.4 Å². The molecule has 0 unspecified atom stereocenters. The van der Waals surface area contributed by atoms with E-state index < -0.39 is 90.7 Å². The minimum absolute atomic E-state index is 0.0951. The number of amides is 2. The summed E-state index contributed by atoms with van der Waals surface area (Å²) >= 11 is 0. The molecule has 3 rings (SSSR count). The fourth-order valence-electron chi connectivity index (χ4n) is 4.89. The van der Waals surface area contributed by atoms with Crippen LogP contribution in [0.1, 0.15) is 54.1 Å². The van der Waals surface area contributed by atoms with Crippen molar-refractivity contribution >= 4 is 17.9 Å². The van der Waals surface area contributed by atoms with Gasteiger partial charge in [-0.15, -0.1) is 0 Å². The number of carbonyl (C=O) groups is 2. The summed E-state index contributed by atoms with van der Waals surface area (Å²) in [5.74, 6) is -0.440. The van der Waals surface area contributed by atoms with E-state index in [2.05, 4.69) is 0 Å². The zero-order valence-electron chi connectivity index (χ0n) is 22.9. The number of halogens is 9. The lowest BCUT2D eigenvalue weighted by Gasteiger charge is -2.45. The lowest BCUT2D eigenvalue weighted by molar-refractivity contribution is -0.143. The van der Waals surface area contributed by atoms with Gasteiger partial charge in [-0.3, -0.25) is 9.80 Å². The number of aliphatic hydroxyl groups excluding tert-OH is 1. The fourth-order valence-corrected chi connectivity index (χ4v) is 4.89. The third kappa shape index (κ3) is 7.64. The number of aliphatic hydroxyl groups is 1. The predicted molar refractivity (Wildman–Crippen MR) is 133 cm³/mol. The Morgan fingerprint density at radius 3 is 1.95 bits per heavy atom. The molecule has 238 valence electrons. The topological polar surface area (TPSA) is 79.3 Å². The molecule has 43 heavy (non-hydrogen) atoms. The highest BCUT2D eigenvalue weighted by atomic mass is 19.4. The van der Waals surface area contributed by atoms with Crippen molar-refractivity contribution in [2.75, 3.05) is 25.2 Å². The minimum Gasteiger partial charge on any atom is -0.453 e. The maximum absolute atomic E-state index is 13.7. The highest BCUT2D eigenvalue weighted by molar-refractivity contribution is 5.90. The molecule has 0 fully saturated rings. The van der Waals surface area contributed by atoms with Crippen molar-refractivity contribution in [3.63, 3.8) is 0 Å². The summed E-state index contributed by atoms with van der Waals surface area (Å²) in [6.07, 6.45) is -17.8. The van der Waals surface area contributed by atoms with E-state index in [1.54, 1.807) is 13.8 Å². The van der Waals surface area contributed by atoms with Gasteiger partial charge in [0.15, 0.2) is 0 Å². The molecule has 0 saturated heterocycles. The van der Waals surface area contributed by atoms with E-state index in [4.69, 9.17) is 14.6 Å². The van der Waals surface area contributed by atoms with Crippen LogP contribution in [0.5, 0.6) is 0 Å². The normalized spacial score (nSPS) is 17.5. The van der Waals surface area contributed by atoms with Crippen molar-refractivity contribution in [3.8, 4) is 0 Å². The first-order valence-corrected chi connectivity index (χ1v) is 12.7. The number of alkyl halides is 9. The molecular formula is C27H27F9N2O5. The SMILES string of the molecule is COC(=O)N(Cc1cc(C(F)(F)F)cc(C(F)(F)F)c1)[C@H]1C[C@@H](C(C)C)N(C(=O)OCCO)c2ccc(C(F)(F)F)cc21. The van der Waals surface area contributed by atoms with E-state index in [0.717, 1.165) is 23.0 Å². The largest absolute Gasteiger partial charge is 0.453 e. The van der Waals surface area contributed by atoms with Crippen LogP contribution in [0.4, 0.5) is 54.8 Å². The highest BCUT2D eigenvalue weighted by Gasteiger charge is 2.44. The number of ether oxygens (including phenoxy) is 2. The van der Waals surface area contributed by atoms with Crippen LogP contribution in [0.3, 0.4) is 0 Å². The molecule has 16 heteroatoms. The lowest BCUT2D eigenvalue weighted by Crippen LogP contribution is -2.51. The van der Waals surface area contributed by atoms with Gasteiger partial charge in [0.05, 0.1) is 42.1 Å². The van der Waals surface area contributed by atoms with Crippen LogP contribution in [0, 0.1) is 5.92 Å². The number of benzene rings is 2. The molecule has 0 aliphatic carbocycles. The number of anilines is 1. The number of fused-ring (bicyclic) bond motifs is 1. The maximum atomic E-state index is 13.7. The lowest BCUT2D eigenvalue weighted by atomic mass is 9.84. The van der Waals surface area contributed by atoms with Gasteiger partial charge in [-0.25, -0.2) is 9.59 Å². The molecular weight excluding hydrogens is 603 g/mol. The molecule has 0 aromatic heterocycles. The Kier molecular flexibility index (Phi) is 9.83. The second-order valence-corrected chi connectivity index (χ2v) is 10.1. The standard InChI is InChI=1S/C27H27F9N2O5/c1-14(2)21-12-22(19-11-16(25(28,29)30)4-5-20(19)38(21)24(41)43-7-6-39)37(23(40)42-3)13-15-8-17(26(31,32)33)10-18(9-15)27(34,35)36/h4-5,8-11,14,21-22,39H,6-7,12-13H2,1-3H3/t21-,22-/m0/s1. The van der Waals surface area contributed by atoms with Crippen LogP contribution in [-0.4, -0.2) is 48.6 Å². The number of hydrogen-bond acceptors (Lipinski definition) is 5. The number of rotatable bonds is 6. The van der Waals surface area contributed by atoms with Gasteiger partial charge in [0, 0.05) is 12.6 Å². The van der Waals surface area contributed by atoms with Crippen molar-refractivity contribution in [3.05, 3.63) is 64.2 Å². The molecule has 2 aromatic carbocycles. The quantitative estimate of drug-likeness (QED) is 0.336. The molecule has 1 aliphatic rings. The molecule has 0 radical (unpaired) electrons. The summed E-state index contributed by atoms with van der Waals surface area (Å²) in [6, 6.07) is 0.715. The molecule has 0 saturated carbocycles. The molecule has 0 spiro atoms. The van der Waals surface area contributed by atoms with Crippen molar-refractivity contribution in [1.29, 1.82) is 0 Å². The van der Waals surface area contributed by atoms with Crippen LogP contribution in [0.2, 0.25) is 0 Å². The van der Waals surface area contributed by atoms with Gasteiger partial charge >= 0.3 is 30.7 Å². The van der Waals surface area contributed by atoms with Crippen molar-refractivity contribution in [2.24, 2.45) is 5.92 Å². The molecule has 2 atom stereocenters. The number of nitrogens with zero attached hydrogens (tertiary/aromatic N) is 2. The molecule has 2 amide bonds. The smallest absolute Gasteiger partial charge is 0.416 e. The summed E-state index contributed by atoms with van der Waals surface area (Å²) in [5.41, 5.74) is -5.52.